The summed E-state index contributed by atoms with van der Waals surface area (Å²) in [4.78, 5) is 12.6. The third kappa shape index (κ3) is 4.12. The van der Waals surface area contributed by atoms with Crippen molar-refractivity contribution in [2.24, 2.45) is 0 Å². The lowest BCUT2D eigenvalue weighted by Gasteiger charge is -2.31. The second kappa shape index (κ2) is 8.26. The molecule has 7 nitrogen and oxygen atoms in total. The van der Waals surface area contributed by atoms with Gasteiger partial charge in [-0.15, -0.1) is 10.2 Å². The van der Waals surface area contributed by atoms with Crippen LogP contribution in [0, 0.1) is 6.92 Å². The number of anilines is 1. The number of aromatic nitrogens is 3. The Morgan fingerprint density at radius 3 is 2.77 bits per heavy atom. The molecule has 0 atom stereocenters. The molecule has 1 spiro atoms. The molecule has 2 heterocycles. The van der Waals surface area contributed by atoms with Crippen molar-refractivity contribution >= 4 is 23.4 Å². The Balaban J connectivity index is 1.22. The van der Waals surface area contributed by atoms with Crippen molar-refractivity contribution in [3.05, 3.63) is 54.4 Å². The number of para-hydroxylation sites is 1. The minimum absolute atomic E-state index is 0.115. The van der Waals surface area contributed by atoms with Gasteiger partial charge in [0.05, 0.1) is 11.4 Å². The number of thioether (sulfide) groups is 1. The van der Waals surface area contributed by atoms with Gasteiger partial charge in [0.25, 0.3) is 5.79 Å². The van der Waals surface area contributed by atoms with Crippen LogP contribution in [-0.4, -0.2) is 32.2 Å². The molecule has 1 aliphatic carbocycles. The normalized spacial score (nSPS) is 16.4. The average molecular weight is 437 g/mol. The van der Waals surface area contributed by atoms with Gasteiger partial charge in [0.15, 0.2) is 16.7 Å². The van der Waals surface area contributed by atoms with Crippen LogP contribution in [0.3, 0.4) is 0 Å². The van der Waals surface area contributed by atoms with Gasteiger partial charge in [-0.05, 0) is 43.5 Å². The van der Waals surface area contributed by atoms with E-state index in [-0.39, 0.29) is 11.7 Å². The molecule has 1 fully saturated rings. The first-order valence-corrected chi connectivity index (χ1v) is 11.5. The van der Waals surface area contributed by atoms with Crippen molar-refractivity contribution in [1.29, 1.82) is 0 Å². The van der Waals surface area contributed by atoms with Crippen molar-refractivity contribution in [2.45, 2.75) is 50.0 Å². The van der Waals surface area contributed by atoms with E-state index in [1.54, 1.807) is 6.33 Å². The zero-order valence-corrected chi connectivity index (χ0v) is 18.2. The van der Waals surface area contributed by atoms with E-state index < -0.39 is 5.79 Å². The first-order valence-electron chi connectivity index (χ1n) is 10.5. The number of amides is 1. The monoisotopic (exact) mass is 436 g/mol. The number of nitrogens with zero attached hydrogens (tertiary/aromatic N) is 3. The van der Waals surface area contributed by atoms with E-state index in [9.17, 15) is 4.79 Å². The first kappa shape index (κ1) is 19.9. The van der Waals surface area contributed by atoms with Gasteiger partial charge in [0.2, 0.25) is 5.91 Å². The molecule has 0 radical (unpaired) electrons. The van der Waals surface area contributed by atoms with E-state index >= 15 is 0 Å². The molecule has 5 rings (SSSR count). The van der Waals surface area contributed by atoms with Crippen molar-refractivity contribution in [3.63, 3.8) is 0 Å². The van der Waals surface area contributed by atoms with Crippen molar-refractivity contribution in [2.75, 3.05) is 11.1 Å². The van der Waals surface area contributed by atoms with Crippen LogP contribution >= 0.6 is 11.8 Å². The van der Waals surface area contributed by atoms with Crippen LogP contribution in [0.25, 0.3) is 5.69 Å². The summed E-state index contributed by atoms with van der Waals surface area (Å²) in [6, 6.07) is 13.6. The third-order valence-corrected chi connectivity index (χ3v) is 6.60. The maximum absolute atomic E-state index is 12.6. The molecule has 1 aliphatic heterocycles. The van der Waals surface area contributed by atoms with Crippen molar-refractivity contribution in [3.8, 4) is 17.2 Å². The molecule has 1 aromatic heterocycles. The van der Waals surface area contributed by atoms with Crippen molar-refractivity contribution < 1.29 is 14.3 Å². The van der Waals surface area contributed by atoms with Gasteiger partial charge >= 0.3 is 0 Å². The molecule has 160 valence electrons. The van der Waals surface area contributed by atoms with Gasteiger partial charge in [0.1, 0.15) is 6.33 Å². The third-order valence-electron chi connectivity index (χ3n) is 5.66. The molecule has 1 N–H and O–H groups in total. The molecular weight excluding hydrogens is 412 g/mol. The van der Waals surface area contributed by atoms with Gasteiger partial charge in [0, 0.05) is 24.6 Å². The fourth-order valence-electron chi connectivity index (χ4n) is 4.12. The van der Waals surface area contributed by atoms with E-state index in [0.29, 0.717) is 16.6 Å². The molecule has 1 amide bonds. The van der Waals surface area contributed by atoms with Crippen LogP contribution in [0.4, 0.5) is 5.69 Å². The van der Waals surface area contributed by atoms with Crippen molar-refractivity contribution in [1.82, 2.24) is 14.8 Å². The molecule has 3 aromatic rings. The van der Waals surface area contributed by atoms with Crippen LogP contribution in [0.1, 0.15) is 37.7 Å². The van der Waals surface area contributed by atoms with Gasteiger partial charge in [-0.25, -0.2) is 0 Å². The number of rotatable bonds is 5. The predicted octanol–water partition coefficient (Wildman–Crippen LogP) is 4.74. The largest absolute Gasteiger partial charge is 0.448 e. The summed E-state index contributed by atoms with van der Waals surface area (Å²) in [5.41, 5.74) is 2.81. The highest BCUT2D eigenvalue weighted by atomic mass is 32.2. The molecule has 8 heteroatoms. The van der Waals surface area contributed by atoms with E-state index in [1.807, 2.05) is 54.0 Å². The Hall–Kier alpha value is -3.00. The lowest BCUT2D eigenvalue weighted by molar-refractivity contribution is -0.113. The number of fused-ring (bicyclic) bond motifs is 1. The van der Waals surface area contributed by atoms with E-state index in [1.165, 1.54) is 18.2 Å². The zero-order chi connectivity index (χ0) is 21.3. The summed E-state index contributed by atoms with van der Waals surface area (Å²) in [5.74, 6) is 1.05. The molecule has 31 heavy (non-hydrogen) atoms. The van der Waals surface area contributed by atoms with Crippen LogP contribution in [-0.2, 0) is 4.79 Å². The Morgan fingerprint density at radius 2 is 1.94 bits per heavy atom. The average Bonchev–Trinajstić information content (AvgIpc) is 3.37. The fourth-order valence-corrected chi connectivity index (χ4v) is 4.84. The van der Waals surface area contributed by atoms with Crippen LogP contribution in [0.15, 0.2) is 53.9 Å². The predicted molar refractivity (Wildman–Crippen MR) is 119 cm³/mol. The summed E-state index contributed by atoms with van der Waals surface area (Å²) < 4.78 is 14.2. The molecule has 0 unspecified atom stereocenters. The number of hydrogen-bond donors (Lipinski definition) is 1. The molecule has 0 bridgehead atoms. The van der Waals surface area contributed by atoms with E-state index in [2.05, 4.69) is 15.5 Å². The molecule has 1 saturated carbocycles. The number of nitrogens with one attached hydrogen (secondary N) is 1. The van der Waals surface area contributed by atoms with Gasteiger partial charge < -0.3 is 14.8 Å². The Morgan fingerprint density at radius 1 is 1.13 bits per heavy atom. The Kier molecular flexibility index (Phi) is 5.31. The summed E-state index contributed by atoms with van der Waals surface area (Å²) in [7, 11) is 0. The zero-order valence-electron chi connectivity index (χ0n) is 17.3. The van der Waals surface area contributed by atoms with Gasteiger partial charge in [-0.1, -0.05) is 36.4 Å². The molecular formula is C23H24N4O3S. The minimum atomic E-state index is -0.515. The summed E-state index contributed by atoms with van der Waals surface area (Å²) in [5, 5.41) is 11.8. The van der Waals surface area contributed by atoms with E-state index in [0.717, 1.165) is 42.7 Å². The molecule has 2 aliphatic rings. The second-order valence-electron chi connectivity index (χ2n) is 7.94. The number of ether oxygens (including phenoxy) is 2. The number of hydrogen-bond acceptors (Lipinski definition) is 6. The highest BCUT2D eigenvalue weighted by Gasteiger charge is 2.42. The van der Waals surface area contributed by atoms with Gasteiger partial charge in [-0.3, -0.25) is 9.36 Å². The van der Waals surface area contributed by atoms with Crippen LogP contribution in [0.2, 0.25) is 0 Å². The summed E-state index contributed by atoms with van der Waals surface area (Å²) in [6.45, 7) is 2.04. The maximum atomic E-state index is 12.6. The van der Waals surface area contributed by atoms with Crippen LogP contribution < -0.4 is 14.8 Å². The number of aryl methyl sites for hydroxylation is 1. The Bertz CT molecular complexity index is 1110. The number of carbonyl (C=O) groups excluding carboxylic acids is 1. The summed E-state index contributed by atoms with van der Waals surface area (Å²) >= 11 is 1.35. The fraction of sp³-hybridized carbons (Fsp3) is 0.348. The first-order chi connectivity index (χ1) is 15.1. The lowest BCUT2D eigenvalue weighted by Crippen LogP contribution is -2.40. The lowest BCUT2D eigenvalue weighted by atomic mass is 9.94. The SMILES string of the molecule is Cc1ccccc1-n1cnnc1SCC(=O)Nc1ccc2c(c1)OC1(CCCCC1)O2. The highest BCUT2D eigenvalue weighted by molar-refractivity contribution is 7.99. The minimum Gasteiger partial charge on any atom is -0.448 e. The second-order valence-corrected chi connectivity index (χ2v) is 8.89. The summed E-state index contributed by atoms with van der Waals surface area (Å²) in [6.07, 6.45) is 6.93. The highest BCUT2D eigenvalue weighted by Crippen LogP contribution is 2.46. The maximum Gasteiger partial charge on any atom is 0.251 e. The van der Waals surface area contributed by atoms with E-state index in [4.69, 9.17) is 9.47 Å². The molecule has 0 saturated heterocycles. The quantitative estimate of drug-likeness (QED) is 0.582. The Labute approximate surface area is 185 Å². The topological polar surface area (TPSA) is 78.3 Å². The standard InChI is InChI=1S/C23H24N4O3S/c1-16-7-3-4-8-18(16)27-15-24-26-22(27)31-14-21(28)25-17-9-10-19-20(13-17)30-23(29-19)11-5-2-6-12-23/h3-4,7-10,13,15H,2,5-6,11-12,14H2,1H3,(H,25,28). The molecule has 2 aromatic carbocycles. The smallest absolute Gasteiger partial charge is 0.251 e. The number of carbonyl (C=O) groups is 1. The van der Waals surface area contributed by atoms with Crippen LogP contribution in [0.5, 0.6) is 11.5 Å². The number of benzene rings is 2. The van der Waals surface area contributed by atoms with Gasteiger partial charge in [-0.2, -0.15) is 0 Å².